The molecule has 15 heteroatoms. The number of hydrogen-bond donors (Lipinski definition) is 1. The summed E-state index contributed by atoms with van der Waals surface area (Å²) in [6.45, 7) is -2.92. The van der Waals surface area contributed by atoms with Gasteiger partial charge in [-0.15, -0.1) is 0 Å². The predicted molar refractivity (Wildman–Crippen MR) is 109 cm³/mol. The Bertz CT molecular complexity index is 1280. The summed E-state index contributed by atoms with van der Waals surface area (Å²) >= 11 is 0. The molecule has 0 bridgehead atoms. The minimum atomic E-state index is -3.98. The Labute approximate surface area is 194 Å². The van der Waals surface area contributed by atoms with Crippen molar-refractivity contribution in [1.82, 2.24) is 14.6 Å². The molecule has 2 aliphatic heterocycles. The average Bonchev–Trinajstić information content (AvgIpc) is 3.28. The molecule has 2 aliphatic rings. The van der Waals surface area contributed by atoms with Gasteiger partial charge in [0, 0.05) is 24.2 Å². The third-order valence-corrected chi connectivity index (χ3v) is 6.30. The molecule has 2 atom stereocenters. The van der Waals surface area contributed by atoms with Crippen LogP contribution in [-0.2, 0) is 20.5 Å². The second-order valence-corrected chi connectivity index (χ2v) is 10.1. The lowest BCUT2D eigenvalue weighted by atomic mass is 9.89. The van der Waals surface area contributed by atoms with Gasteiger partial charge in [0.2, 0.25) is 15.6 Å². The van der Waals surface area contributed by atoms with E-state index in [-0.39, 0.29) is 5.84 Å². The minimum absolute atomic E-state index is 0.211. The van der Waals surface area contributed by atoms with Crippen molar-refractivity contribution in [2.24, 2.45) is 5.16 Å². The largest absolute Gasteiger partial charge is 0.378 e. The van der Waals surface area contributed by atoms with Gasteiger partial charge < -0.3 is 9.74 Å². The van der Waals surface area contributed by atoms with E-state index in [1.54, 1.807) is 0 Å². The highest BCUT2D eigenvalue weighted by atomic mass is 32.2. The molecule has 1 fully saturated rings. The molecular weight excluding hydrogens is 509 g/mol. The Morgan fingerprint density at radius 1 is 1.14 bits per heavy atom. The van der Waals surface area contributed by atoms with Crippen LogP contribution in [0.5, 0.6) is 0 Å². The number of rotatable bonds is 5. The summed E-state index contributed by atoms with van der Waals surface area (Å²) in [7, 11) is -3.98. The van der Waals surface area contributed by atoms with Crippen LogP contribution in [0.2, 0.25) is 0 Å². The molecule has 1 aromatic carbocycles. The fraction of sp³-hybridized carbons (Fsp3) is 0.400. The van der Waals surface area contributed by atoms with Crippen LogP contribution >= 0.6 is 0 Å². The van der Waals surface area contributed by atoms with E-state index in [9.17, 15) is 39.2 Å². The van der Waals surface area contributed by atoms with E-state index in [0.717, 1.165) is 4.90 Å². The van der Waals surface area contributed by atoms with Crippen molar-refractivity contribution in [3.8, 4) is 11.1 Å². The molecule has 3 heterocycles. The molecule has 4 rings (SSSR count). The van der Waals surface area contributed by atoms with Crippen molar-refractivity contribution < 1.29 is 44.0 Å². The van der Waals surface area contributed by atoms with Gasteiger partial charge in [0.25, 0.3) is 5.92 Å². The first-order valence-electron chi connectivity index (χ1n) is 9.97. The van der Waals surface area contributed by atoms with Crippen LogP contribution in [0.1, 0.15) is 12.1 Å². The number of halogens is 7. The SMILES string of the molecule is CS(=O)(=O)N[C@@H]1CN(C2=NOC(CF)(c3ncc(F)cc3-c3c(F)cc(F)cc3F)C2)CC1(F)F. The fourth-order valence-corrected chi connectivity index (χ4v) is 4.81. The maximum atomic E-state index is 14.5. The second kappa shape index (κ2) is 8.62. The first-order valence-corrected chi connectivity index (χ1v) is 11.9. The topological polar surface area (TPSA) is 83.9 Å². The zero-order valence-electron chi connectivity index (χ0n) is 17.8. The highest BCUT2D eigenvalue weighted by molar-refractivity contribution is 7.88. The van der Waals surface area contributed by atoms with Gasteiger partial charge in [0.05, 0.1) is 36.7 Å². The molecule has 1 saturated heterocycles. The molecule has 0 saturated carbocycles. The first kappa shape index (κ1) is 25.2. The van der Waals surface area contributed by atoms with Crippen molar-refractivity contribution in [3.05, 3.63) is 53.4 Å². The number of benzene rings is 1. The van der Waals surface area contributed by atoms with Gasteiger partial charge in [-0.25, -0.2) is 43.9 Å². The van der Waals surface area contributed by atoms with Gasteiger partial charge in [0.1, 0.15) is 41.8 Å². The van der Waals surface area contributed by atoms with E-state index < -0.39 is 93.9 Å². The maximum absolute atomic E-state index is 14.5. The summed E-state index contributed by atoms with van der Waals surface area (Å²) in [4.78, 5) is 9.91. The Balaban J connectivity index is 1.69. The Hall–Kier alpha value is -2.94. The maximum Gasteiger partial charge on any atom is 0.282 e. The second-order valence-electron chi connectivity index (χ2n) is 8.28. The Morgan fingerprint density at radius 2 is 1.80 bits per heavy atom. The van der Waals surface area contributed by atoms with Crippen LogP contribution in [0.3, 0.4) is 0 Å². The molecular formula is C20H17F7N4O3S. The molecule has 7 nitrogen and oxygen atoms in total. The van der Waals surface area contributed by atoms with E-state index in [4.69, 9.17) is 4.84 Å². The van der Waals surface area contributed by atoms with Gasteiger partial charge in [-0.05, 0) is 6.07 Å². The molecule has 0 amide bonds. The van der Waals surface area contributed by atoms with Gasteiger partial charge in [-0.2, -0.15) is 0 Å². The summed E-state index contributed by atoms with van der Waals surface area (Å²) in [6, 6.07) is -0.472. The van der Waals surface area contributed by atoms with Crippen molar-refractivity contribution in [3.63, 3.8) is 0 Å². The van der Waals surface area contributed by atoms with Crippen LogP contribution in [-0.4, -0.2) is 62.1 Å². The van der Waals surface area contributed by atoms with Crippen molar-refractivity contribution >= 4 is 15.9 Å². The van der Waals surface area contributed by atoms with E-state index in [2.05, 4.69) is 10.1 Å². The van der Waals surface area contributed by atoms with Crippen molar-refractivity contribution in [1.29, 1.82) is 0 Å². The monoisotopic (exact) mass is 526 g/mol. The quantitative estimate of drug-likeness (QED) is 0.606. The molecule has 1 unspecified atom stereocenters. The average molecular weight is 526 g/mol. The van der Waals surface area contributed by atoms with Gasteiger partial charge in [0.15, 0.2) is 0 Å². The summed E-state index contributed by atoms with van der Waals surface area (Å²) < 4.78 is 124. The minimum Gasteiger partial charge on any atom is -0.378 e. The molecule has 0 aliphatic carbocycles. The number of amidine groups is 1. The molecule has 2 aromatic rings. The van der Waals surface area contributed by atoms with Gasteiger partial charge in [-0.3, -0.25) is 4.98 Å². The van der Waals surface area contributed by atoms with E-state index in [1.807, 2.05) is 4.72 Å². The molecule has 0 spiro atoms. The van der Waals surface area contributed by atoms with Gasteiger partial charge in [-0.1, -0.05) is 5.16 Å². The van der Waals surface area contributed by atoms with Crippen molar-refractivity contribution in [2.45, 2.75) is 24.0 Å². The van der Waals surface area contributed by atoms with E-state index >= 15 is 0 Å². The number of hydrogen-bond acceptors (Lipinski definition) is 6. The van der Waals surface area contributed by atoms with Crippen LogP contribution in [0.4, 0.5) is 30.7 Å². The summed E-state index contributed by atoms with van der Waals surface area (Å²) in [5.74, 6) is -8.85. The molecule has 1 aromatic heterocycles. The first-order chi connectivity index (χ1) is 16.2. The normalized spacial score (nSPS) is 23.9. The van der Waals surface area contributed by atoms with Crippen molar-refractivity contribution in [2.75, 3.05) is 26.0 Å². The zero-order valence-corrected chi connectivity index (χ0v) is 18.7. The number of likely N-dealkylation sites (tertiary alicyclic amines) is 1. The molecule has 35 heavy (non-hydrogen) atoms. The highest BCUT2D eigenvalue weighted by Gasteiger charge is 2.53. The summed E-state index contributed by atoms with van der Waals surface area (Å²) in [5.41, 5.74) is -4.16. The molecule has 190 valence electrons. The molecule has 1 N–H and O–H groups in total. The lowest BCUT2D eigenvalue weighted by Crippen LogP contribution is -2.46. The standard InChI is InChI=1S/C20H17F7N4O3S/c1-35(32,33)30-15-7-31(9-20(15,26)27)16-5-19(8-21,34-29-16)18-12(2-11(23)6-28-18)17-13(24)3-10(22)4-14(17)25/h2-4,6,15,30H,5,7-9H2,1H3/t15-,19?/m1/s1. The lowest BCUT2D eigenvalue weighted by Gasteiger charge is -2.26. The number of pyridine rings is 1. The number of nitrogens with one attached hydrogen (secondary N) is 1. The number of oxime groups is 1. The Kier molecular flexibility index (Phi) is 6.20. The van der Waals surface area contributed by atoms with Crippen LogP contribution < -0.4 is 4.72 Å². The van der Waals surface area contributed by atoms with E-state index in [1.165, 1.54) is 0 Å². The zero-order chi connectivity index (χ0) is 25.8. The number of sulfonamides is 1. The highest BCUT2D eigenvalue weighted by Crippen LogP contribution is 2.43. The lowest BCUT2D eigenvalue weighted by molar-refractivity contribution is -0.0435. The number of nitrogens with zero attached hydrogens (tertiary/aromatic N) is 3. The number of alkyl halides is 3. The smallest absolute Gasteiger partial charge is 0.282 e. The van der Waals surface area contributed by atoms with Crippen LogP contribution in [0, 0.1) is 23.3 Å². The fourth-order valence-electron chi connectivity index (χ4n) is 4.05. The summed E-state index contributed by atoms with van der Waals surface area (Å²) in [6.07, 6.45) is 0.791. The van der Waals surface area contributed by atoms with Crippen LogP contribution in [0.15, 0.2) is 29.6 Å². The predicted octanol–water partition coefficient (Wildman–Crippen LogP) is 3.07. The van der Waals surface area contributed by atoms with E-state index in [0.29, 0.717) is 30.7 Å². The number of aromatic nitrogens is 1. The molecule has 0 radical (unpaired) electrons. The third-order valence-electron chi connectivity index (χ3n) is 5.58. The summed E-state index contributed by atoms with van der Waals surface area (Å²) in [5, 5.41) is 3.64. The van der Waals surface area contributed by atoms with Crippen LogP contribution in [0.25, 0.3) is 11.1 Å². The van der Waals surface area contributed by atoms with Gasteiger partial charge >= 0.3 is 0 Å². The Morgan fingerprint density at radius 3 is 2.40 bits per heavy atom. The third kappa shape index (κ3) is 4.78.